The summed E-state index contributed by atoms with van der Waals surface area (Å²) in [5.74, 6) is -1.04. The van der Waals surface area contributed by atoms with Crippen LogP contribution < -0.4 is 4.74 Å². The zero-order valence-electron chi connectivity index (χ0n) is 13.2. The number of benzene rings is 3. The van der Waals surface area contributed by atoms with Crippen molar-refractivity contribution in [2.45, 2.75) is 12.8 Å². The Labute approximate surface area is 140 Å². The van der Waals surface area contributed by atoms with Gasteiger partial charge in [0.1, 0.15) is 5.75 Å². The number of hydrogen-bond acceptors (Lipinski definition) is 3. The number of nitriles is 1. The third-order valence-electron chi connectivity index (χ3n) is 4.61. The zero-order chi connectivity index (χ0) is 16.7. The summed E-state index contributed by atoms with van der Waals surface area (Å²) in [6.07, 6.45) is 0. The van der Waals surface area contributed by atoms with Gasteiger partial charge in [0.25, 0.3) is 0 Å². The van der Waals surface area contributed by atoms with Gasteiger partial charge in [-0.25, -0.2) is 0 Å². The van der Waals surface area contributed by atoms with Gasteiger partial charge in [0.2, 0.25) is 0 Å². The molecular weight excluding hydrogens is 298 g/mol. The molecular formula is C21H15NO2. The quantitative estimate of drug-likeness (QED) is 0.496. The van der Waals surface area contributed by atoms with E-state index in [1.165, 1.54) is 0 Å². The Morgan fingerprint density at radius 3 is 2.50 bits per heavy atom. The fourth-order valence-electron chi connectivity index (χ4n) is 3.37. The number of hydrogen-bond donors (Lipinski definition) is 0. The fraction of sp³-hybridized carbons (Fsp3) is 0.143. The summed E-state index contributed by atoms with van der Waals surface area (Å²) in [5.41, 5.74) is 2.99. The molecule has 1 aliphatic heterocycles. The van der Waals surface area contributed by atoms with Gasteiger partial charge in [0.05, 0.1) is 6.07 Å². The molecule has 2 unspecified atom stereocenters. The average molecular weight is 313 g/mol. The number of carbonyl (C=O) groups is 1. The molecule has 0 bridgehead atoms. The van der Waals surface area contributed by atoms with E-state index in [0.29, 0.717) is 5.75 Å². The summed E-state index contributed by atoms with van der Waals surface area (Å²) in [7, 11) is 0. The van der Waals surface area contributed by atoms with Crippen molar-refractivity contribution in [1.29, 1.82) is 5.26 Å². The van der Waals surface area contributed by atoms with Gasteiger partial charge >= 0.3 is 5.97 Å². The smallest absolute Gasteiger partial charge is 0.329 e. The molecule has 0 amide bonds. The van der Waals surface area contributed by atoms with E-state index in [9.17, 15) is 10.1 Å². The predicted octanol–water partition coefficient (Wildman–Crippen LogP) is 4.34. The molecule has 116 valence electrons. The Bertz CT molecular complexity index is 983. The highest BCUT2D eigenvalue weighted by Gasteiger charge is 2.39. The molecule has 1 heterocycles. The van der Waals surface area contributed by atoms with Gasteiger partial charge in [0, 0.05) is 16.9 Å². The molecule has 0 spiro atoms. The molecule has 1 aliphatic rings. The second kappa shape index (κ2) is 5.50. The lowest BCUT2D eigenvalue weighted by Gasteiger charge is -2.29. The Hall–Kier alpha value is -3.12. The lowest BCUT2D eigenvalue weighted by atomic mass is 9.78. The average Bonchev–Trinajstić information content (AvgIpc) is 2.61. The summed E-state index contributed by atoms with van der Waals surface area (Å²) >= 11 is 0. The number of esters is 1. The maximum atomic E-state index is 12.4. The lowest BCUT2D eigenvalue weighted by molar-refractivity contribution is -0.138. The van der Waals surface area contributed by atoms with Crippen LogP contribution in [0.4, 0.5) is 0 Å². The molecule has 2 atom stereocenters. The highest BCUT2D eigenvalue weighted by molar-refractivity contribution is 5.95. The van der Waals surface area contributed by atoms with Gasteiger partial charge < -0.3 is 4.74 Å². The van der Waals surface area contributed by atoms with Crippen LogP contribution in [-0.2, 0) is 4.79 Å². The highest BCUT2D eigenvalue weighted by Crippen LogP contribution is 2.45. The first-order valence-corrected chi connectivity index (χ1v) is 7.88. The van der Waals surface area contributed by atoms with E-state index in [1.54, 1.807) is 0 Å². The highest BCUT2D eigenvalue weighted by atomic mass is 16.5. The maximum Gasteiger partial charge on any atom is 0.329 e. The molecule has 0 radical (unpaired) electrons. The molecule has 4 rings (SSSR count). The number of ether oxygens (including phenoxy) is 1. The molecule has 0 saturated carbocycles. The molecule has 3 aromatic rings. The van der Waals surface area contributed by atoms with E-state index >= 15 is 0 Å². The second-order valence-corrected chi connectivity index (χ2v) is 6.12. The molecule has 0 N–H and O–H groups in total. The van der Waals surface area contributed by atoms with E-state index in [0.717, 1.165) is 27.5 Å². The number of aryl methyl sites for hydroxylation is 1. The van der Waals surface area contributed by atoms with Crippen LogP contribution in [0.3, 0.4) is 0 Å². The number of nitrogens with zero attached hydrogens (tertiary/aromatic N) is 1. The first-order chi connectivity index (χ1) is 11.7. The van der Waals surface area contributed by atoms with Crippen molar-refractivity contribution in [3.05, 3.63) is 77.4 Å². The molecule has 0 fully saturated rings. The molecule has 3 aromatic carbocycles. The van der Waals surface area contributed by atoms with Crippen LogP contribution in [0.25, 0.3) is 10.8 Å². The minimum absolute atomic E-state index is 0.309. The van der Waals surface area contributed by atoms with Crippen LogP contribution in [0.5, 0.6) is 5.75 Å². The Morgan fingerprint density at radius 2 is 1.75 bits per heavy atom. The first-order valence-electron chi connectivity index (χ1n) is 7.88. The standard InChI is InChI=1S/C21H15NO2/c1-13-6-8-15(9-7-13)19-17-11-10-14-4-2-3-5-16(14)20(17)24-21(23)18(19)12-22/h2-11,18-19H,1H3. The van der Waals surface area contributed by atoms with Crippen molar-refractivity contribution in [3.8, 4) is 11.8 Å². The number of rotatable bonds is 1. The molecule has 24 heavy (non-hydrogen) atoms. The van der Waals surface area contributed by atoms with Gasteiger partial charge in [-0.1, -0.05) is 66.2 Å². The molecule has 0 aliphatic carbocycles. The molecule has 3 heteroatoms. The van der Waals surface area contributed by atoms with Gasteiger partial charge in [-0.3, -0.25) is 4.79 Å². The predicted molar refractivity (Wildman–Crippen MR) is 91.7 cm³/mol. The molecule has 0 saturated heterocycles. The monoisotopic (exact) mass is 313 g/mol. The van der Waals surface area contributed by atoms with Crippen molar-refractivity contribution < 1.29 is 9.53 Å². The van der Waals surface area contributed by atoms with E-state index in [1.807, 2.05) is 67.6 Å². The summed E-state index contributed by atoms with van der Waals surface area (Å²) in [5, 5.41) is 11.5. The van der Waals surface area contributed by atoms with E-state index in [2.05, 4.69) is 6.07 Å². The van der Waals surface area contributed by atoms with Crippen molar-refractivity contribution in [3.63, 3.8) is 0 Å². The van der Waals surface area contributed by atoms with Gasteiger partial charge in [-0.2, -0.15) is 5.26 Å². The second-order valence-electron chi connectivity index (χ2n) is 6.12. The Kier molecular flexibility index (Phi) is 3.32. The van der Waals surface area contributed by atoms with Gasteiger partial charge in [-0.05, 0) is 17.9 Å². The number of fused-ring (bicyclic) bond motifs is 3. The zero-order valence-corrected chi connectivity index (χ0v) is 13.2. The van der Waals surface area contributed by atoms with E-state index in [-0.39, 0.29) is 5.92 Å². The topological polar surface area (TPSA) is 50.1 Å². The van der Waals surface area contributed by atoms with Crippen molar-refractivity contribution in [2.75, 3.05) is 0 Å². The van der Waals surface area contributed by atoms with E-state index < -0.39 is 11.9 Å². The SMILES string of the molecule is Cc1ccc(C2c3ccc4ccccc4c3OC(=O)C2C#N)cc1. The maximum absolute atomic E-state index is 12.4. The minimum Gasteiger partial charge on any atom is -0.425 e. The van der Waals surface area contributed by atoms with Crippen LogP contribution in [0.2, 0.25) is 0 Å². The van der Waals surface area contributed by atoms with Crippen molar-refractivity contribution in [1.82, 2.24) is 0 Å². The fourth-order valence-corrected chi connectivity index (χ4v) is 3.37. The third-order valence-corrected chi connectivity index (χ3v) is 4.61. The van der Waals surface area contributed by atoms with Crippen LogP contribution in [0, 0.1) is 24.2 Å². The van der Waals surface area contributed by atoms with Crippen LogP contribution >= 0.6 is 0 Å². The Balaban J connectivity index is 1.98. The Morgan fingerprint density at radius 1 is 1.00 bits per heavy atom. The van der Waals surface area contributed by atoms with Crippen LogP contribution in [0.1, 0.15) is 22.6 Å². The van der Waals surface area contributed by atoms with Crippen LogP contribution in [-0.4, -0.2) is 5.97 Å². The molecule has 0 aromatic heterocycles. The number of carbonyl (C=O) groups excluding carboxylic acids is 1. The summed E-state index contributed by atoms with van der Waals surface area (Å²) in [6, 6.07) is 21.9. The lowest BCUT2D eigenvalue weighted by Crippen LogP contribution is -2.31. The third kappa shape index (κ3) is 2.16. The first kappa shape index (κ1) is 14.5. The van der Waals surface area contributed by atoms with Gasteiger partial charge in [-0.15, -0.1) is 0 Å². The van der Waals surface area contributed by atoms with Crippen molar-refractivity contribution >= 4 is 16.7 Å². The normalized spacial score (nSPS) is 19.4. The minimum atomic E-state index is -0.832. The molecule has 3 nitrogen and oxygen atoms in total. The summed E-state index contributed by atoms with van der Waals surface area (Å²) < 4.78 is 5.56. The summed E-state index contributed by atoms with van der Waals surface area (Å²) in [6.45, 7) is 2.02. The van der Waals surface area contributed by atoms with Gasteiger partial charge in [0.15, 0.2) is 5.92 Å². The largest absolute Gasteiger partial charge is 0.425 e. The van der Waals surface area contributed by atoms with Crippen LogP contribution in [0.15, 0.2) is 60.7 Å². The summed E-state index contributed by atoms with van der Waals surface area (Å²) in [4.78, 5) is 12.4. The van der Waals surface area contributed by atoms with Crippen molar-refractivity contribution in [2.24, 2.45) is 5.92 Å². The van der Waals surface area contributed by atoms with E-state index in [4.69, 9.17) is 4.74 Å².